The smallest absolute Gasteiger partial charge is 0.237 e. The van der Waals surface area contributed by atoms with Crippen LogP contribution in [-0.4, -0.2) is 61.0 Å². The summed E-state index contributed by atoms with van der Waals surface area (Å²) in [5.74, 6) is 0.632. The van der Waals surface area contributed by atoms with Crippen molar-refractivity contribution in [2.75, 3.05) is 48.3 Å². The number of carbonyl (C=O) groups excluding carboxylic acids is 3. The van der Waals surface area contributed by atoms with Gasteiger partial charge in [0.25, 0.3) is 0 Å². The number of Topliss-reactive ketones (excluding diaryl/α,β-unsaturated/α-hetero) is 1. The van der Waals surface area contributed by atoms with E-state index in [1.807, 2.05) is 53.4 Å². The van der Waals surface area contributed by atoms with Crippen LogP contribution in [0.3, 0.4) is 0 Å². The van der Waals surface area contributed by atoms with Crippen LogP contribution in [0, 0.1) is 0 Å². The minimum atomic E-state index is 0.0605. The molecule has 1 fully saturated rings. The van der Waals surface area contributed by atoms with Gasteiger partial charge in [0, 0.05) is 55.3 Å². The molecule has 1 saturated heterocycles. The maximum absolute atomic E-state index is 12.7. The summed E-state index contributed by atoms with van der Waals surface area (Å²) in [7, 11) is 0. The van der Waals surface area contributed by atoms with Crippen molar-refractivity contribution < 1.29 is 14.4 Å². The monoisotopic (exact) mass is 423 g/mol. The lowest BCUT2D eigenvalue weighted by Crippen LogP contribution is -2.49. The van der Waals surface area contributed by atoms with E-state index in [0.29, 0.717) is 37.4 Å². The van der Waals surface area contributed by atoms with Gasteiger partial charge in [-0.15, -0.1) is 11.8 Å². The summed E-state index contributed by atoms with van der Waals surface area (Å²) < 4.78 is 0. The van der Waals surface area contributed by atoms with Crippen LogP contribution in [0.2, 0.25) is 0 Å². The molecule has 0 atom stereocenters. The van der Waals surface area contributed by atoms with E-state index >= 15 is 0 Å². The number of amides is 2. The van der Waals surface area contributed by atoms with Crippen molar-refractivity contribution >= 4 is 40.7 Å². The van der Waals surface area contributed by atoms with E-state index in [4.69, 9.17) is 0 Å². The van der Waals surface area contributed by atoms with Crippen molar-refractivity contribution in [1.29, 1.82) is 0 Å². The van der Waals surface area contributed by atoms with Crippen molar-refractivity contribution in [1.82, 2.24) is 4.90 Å². The zero-order valence-electron chi connectivity index (χ0n) is 17.0. The van der Waals surface area contributed by atoms with Gasteiger partial charge < -0.3 is 14.7 Å². The quantitative estimate of drug-likeness (QED) is 0.692. The second-order valence-corrected chi connectivity index (χ2v) is 8.54. The van der Waals surface area contributed by atoms with E-state index in [1.165, 1.54) is 0 Å². The van der Waals surface area contributed by atoms with Crippen LogP contribution in [0.4, 0.5) is 11.4 Å². The molecule has 156 valence electrons. The number of rotatable bonds is 5. The Labute approximate surface area is 180 Å². The average molecular weight is 424 g/mol. The predicted octanol–water partition coefficient (Wildman–Crippen LogP) is 3.07. The van der Waals surface area contributed by atoms with Gasteiger partial charge in [-0.2, -0.15) is 0 Å². The molecule has 0 aromatic heterocycles. The number of piperazine rings is 1. The third-order valence-corrected chi connectivity index (χ3v) is 6.68. The van der Waals surface area contributed by atoms with Crippen LogP contribution in [-0.2, 0) is 9.59 Å². The summed E-state index contributed by atoms with van der Waals surface area (Å²) >= 11 is 1.55. The Morgan fingerprint density at radius 1 is 0.967 bits per heavy atom. The number of benzene rings is 2. The van der Waals surface area contributed by atoms with E-state index in [-0.39, 0.29) is 17.6 Å². The van der Waals surface area contributed by atoms with Crippen LogP contribution in [0.1, 0.15) is 23.7 Å². The van der Waals surface area contributed by atoms with E-state index in [9.17, 15) is 14.4 Å². The number of nitrogens with zero attached hydrogens (tertiary/aromatic N) is 3. The number of thioether (sulfide) groups is 1. The molecule has 2 aromatic carbocycles. The molecule has 6 nitrogen and oxygen atoms in total. The van der Waals surface area contributed by atoms with Gasteiger partial charge in [-0.25, -0.2) is 0 Å². The standard InChI is InChI=1S/C23H25N3O3S/c1-17(27)18-6-8-19(9-7-18)24-12-14-25(15-13-24)22(28)10-11-26-20-4-2-3-5-21(20)30-16-23(26)29/h2-9H,10-16H2,1H3. The lowest BCUT2D eigenvalue weighted by atomic mass is 10.1. The van der Waals surface area contributed by atoms with Gasteiger partial charge in [-0.3, -0.25) is 14.4 Å². The molecule has 2 aliphatic heterocycles. The second kappa shape index (κ2) is 8.92. The molecular formula is C23H25N3O3S. The van der Waals surface area contributed by atoms with Gasteiger partial charge in [-0.05, 0) is 43.3 Å². The van der Waals surface area contributed by atoms with Crippen LogP contribution >= 0.6 is 11.8 Å². The molecule has 2 aliphatic rings. The maximum Gasteiger partial charge on any atom is 0.237 e. The topological polar surface area (TPSA) is 60.9 Å². The van der Waals surface area contributed by atoms with Crippen molar-refractivity contribution in [2.45, 2.75) is 18.2 Å². The third-order valence-electron chi connectivity index (χ3n) is 5.63. The average Bonchev–Trinajstić information content (AvgIpc) is 2.78. The summed E-state index contributed by atoms with van der Waals surface area (Å²) in [6.45, 7) is 4.82. The molecule has 2 aromatic rings. The Hall–Kier alpha value is -2.80. The van der Waals surface area contributed by atoms with Crippen LogP contribution in [0.5, 0.6) is 0 Å². The highest BCUT2D eigenvalue weighted by atomic mass is 32.2. The second-order valence-electron chi connectivity index (χ2n) is 7.52. The van der Waals surface area contributed by atoms with Gasteiger partial charge >= 0.3 is 0 Å². The SMILES string of the molecule is CC(=O)c1ccc(N2CCN(C(=O)CCN3C(=O)CSc4ccccc43)CC2)cc1. The number of carbonyl (C=O) groups is 3. The predicted molar refractivity (Wildman–Crippen MR) is 119 cm³/mol. The molecular weight excluding hydrogens is 398 g/mol. The summed E-state index contributed by atoms with van der Waals surface area (Å²) in [5, 5.41) is 0. The highest BCUT2D eigenvalue weighted by Crippen LogP contribution is 2.34. The van der Waals surface area contributed by atoms with E-state index < -0.39 is 0 Å². The van der Waals surface area contributed by atoms with Crippen LogP contribution in [0.15, 0.2) is 53.4 Å². The summed E-state index contributed by atoms with van der Waals surface area (Å²) in [5.41, 5.74) is 2.69. The fourth-order valence-electron chi connectivity index (χ4n) is 3.89. The number of fused-ring (bicyclic) bond motifs is 1. The molecule has 2 heterocycles. The first kappa shape index (κ1) is 20.5. The van der Waals surface area contributed by atoms with Crippen LogP contribution in [0.25, 0.3) is 0 Å². The van der Waals surface area contributed by atoms with Crippen LogP contribution < -0.4 is 9.80 Å². The zero-order valence-corrected chi connectivity index (χ0v) is 17.9. The largest absolute Gasteiger partial charge is 0.368 e. The first-order chi connectivity index (χ1) is 14.5. The molecule has 30 heavy (non-hydrogen) atoms. The highest BCUT2D eigenvalue weighted by molar-refractivity contribution is 8.00. The highest BCUT2D eigenvalue weighted by Gasteiger charge is 2.26. The van der Waals surface area contributed by atoms with E-state index in [0.717, 1.165) is 29.4 Å². The molecule has 4 rings (SSSR count). The third kappa shape index (κ3) is 4.36. The van der Waals surface area contributed by atoms with Crippen molar-refractivity contribution in [3.8, 4) is 0 Å². The Balaban J connectivity index is 1.31. The van der Waals surface area contributed by atoms with Crippen molar-refractivity contribution in [3.63, 3.8) is 0 Å². The minimum Gasteiger partial charge on any atom is -0.368 e. The molecule has 0 radical (unpaired) electrons. The number of ketones is 1. The van der Waals surface area contributed by atoms with Gasteiger partial charge in [-0.1, -0.05) is 12.1 Å². The van der Waals surface area contributed by atoms with Gasteiger partial charge in [0.2, 0.25) is 11.8 Å². The maximum atomic E-state index is 12.7. The number of para-hydroxylation sites is 1. The Morgan fingerprint density at radius 2 is 1.67 bits per heavy atom. The van der Waals surface area contributed by atoms with E-state index in [2.05, 4.69) is 4.90 Å². The number of hydrogen-bond donors (Lipinski definition) is 0. The lowest BCUT2D eigenvalue weighted by Gasteiger charge is -2.36. The minimum absolute atomic E-state index is 0.0605. The molecule has 0 spiro atoms. The molecule has 7 heteroatoms. The summed E-state index contributed by atoms with van der Waals surface area (Å²) in [6, 6.07) is 15.5. The van der Waals surface area contributed by atoms with Crippen molar-refractivity contribution in [3.05, 3.63) is 54.1 Å². The molecule has 0 unspecified atom stereocenters. The summed E-state index contributed by atoms with van der Waals surface area (Å²) in [6.07, 6.45) is 0.331. The molecule has 2 amide bonds. The number of anilines is 2. The van der Waals surface area contributed by atoms with Gasteiger partial charge in [0.15, 0.2) is 5.78 Å². The van der Waals surface area contributed by atoms with Gasteiger partial charge in [0.05, 0.1) is 11.4 Å². The Kier molecular flexibility index (Phi) is 6.08. The first-order valence-electron chi connectivity index (χ1n) is 10.2. The van der Waals surface area contributed by atoms with Crippen molar-refractivity contribution in [2.24, 2.45) is 0 Å². The molecule has 0 aliphatic carbocycles. The van der Waals surface area contributed by atoms with E-state index in [1.54, 1.807) is 23.6 Å². The Bertz CT molecular complexity index is 952. The molecule has 0 bridgehead atoms. The number of hydrogen-bond acceptors (Lipinski definition) is 5. The zero-order chi connectivity index (χ0) is 21.1. The normalized spacial score (nSPS) is 16.4. The lowest BCUT2D eigenvalue weighted by molar-refractivity contribution is -0.131. The molecule has 0 N–H and O–H groups in total. The Morgan fingerprint density at radius 3 is 2.37 bits per heavy atom. The fourth-order valence-corrected chi connectivity index (χ4v) is 4.82. The summed E-state index contributed by atoms with van der Waals surface area (Å²) in [4.78, 5) is 43.5. The molecule has 0 saturated carbocycles. The first-order valence-corrected chi connectivity index (χ1v) is 11.2. The van der Waals surface area contributed by atoms with Gasteiger partial charge in [0.1, 0.15) is 0 Å². The fraction of sp³-hybridized carbons (Fsp3) is 0.348.